The highest BCUT2D eigenvalue weighted by molar-refractivity contribution is 6.31. The summed E-state index contributed by atoms with van der Waals surface area (Å²) in [5, 5.41) is 14.1. The zero-order chi connectivity index (χ0) is 18.8. The molecule has 0 spiro atoms. The third-order valence-electron chi connectivity index (χ3n) is 3.79. The average Bonchev–Trinajstić information content (AvgIpc) is 2.60. The Morgan fingerprint density at radius 2 is 2.08 bits per heavy atom. The van der Waals surface area contributed by atoms with E-state index in [1.165, 1.54) is 18.5 Å². The topological polar surface area (TPSA) is 107 Å². The molecule has 8 nitrogen and oxygen atoms in total. The van der Waals surface area contributed by atoms with Gasteiger partial charge in [0.1, 0.15) is 6.54 Å². The van der Waals surface area contributed by atoms with Crippen LogP contribution >= 0.6 is 11.6 Å². The Labute approximate surface area is 152 Å². The fraction of sp³-hybridized carbons (Fsp3) is 0.118. The van der Waals surface area contributed by atoms with Gasteiger partial charge in [-0.25, -0.2) is 4.98 Å². The number of nitro benzene ring substituents is 1. The molecule has 1 heterocycles. The molecule has 3 aromatic rings. The van der Waals surface area contributed by atoms with E-state index in [4.69, 9.17) is 11.6 Å². The Kier molecular flexibility index (Phi) is 4.68. The normalized spacial score (nSPS) is 10.7. The van der Waals surface area contributed by atoms with Gasteiger partial charge >= 0.3 is 0 Å². The van der Waals surface area contributed by atoms with Crippen LogP contribution in [0.4, 0.5) is 11.4 Å². The van der Waals surface area contributed by atoms with Gasteiger partial charge in [-0.2, -0.15) is 0 Å². The van der Waals surface area contributed by atoms with Gasteiger partial charge in [0.15, 0.2) is 0 Å². The summed E-state index contributed by atoms with van der Waals surface area (Å²) in [6, 6.07) is 8.89. The predicted octanol–water partition coefficient (Wildman–Crippen LogP) is 2.91. The number of nitrogens with one attached hydrogen (secondary N) is 1. The van der Waals surface area contributed by atoms with Gasteiger partial charge in [-0.15, -0.1) is 0 Å². The number of hydrogen-bond acceptors (Lipinski definition) is 5. The third kappa shape index (κ3) is 3.55. The van der Waals surface area contributed by atoms with Crippen molar-refractivity contribution in [2.24, 2.45) is 0 Å². The number of non-ortho nitro benzene ring substituents is 1. The maximum Gasteiger partial charge on any atom is 0.270 e. The summed E-state index contributed by atoms with van der Waals surface area (Å²) >= 11 is 6.02. The van der Waals surface area contributed by atoms with Gasteiger partial charge in [0.25, 0.3) is 11.2 Å². The van der Waals surface area contributed by atoms with E-state index >= 15 is 0 Å². The summed E-state index contributed by atoms with van der Waals surface area (Å²) in [7, 11) is 0. The molecule has 0 fully saturated rings. The molecule has 2 aromatic carbocycles. The van der Waals surface area contributed by atoms with Crippen molar-refractivity contribution >= 4 is 39.8 Å². The third-order valence-corrected chi connectivity index (χ3v) is 4.20. The molecule has 1 N–H and O–H groups in total. The van der Waals surface area contributed by atoms with E-state index in [1.807, 2.05) is 6.92 Å². The van der Waals surface area contributed by atoms with E-state index < -0.39 is 16.4 Å². The van der Waals surface area contributed by atoms with Crippen molar-refractivity contribution in [2.45, 2.75) is 13.5 Å². The van der Waals surface area contributed by atoms with Gasteiger partial charge < -0.3 is 5.32 Å². The molecule has 3 rings (SSSR count). The van der Waals surface area contributed by atoms with Gasteiger partial charge in [-0.1, -0.05) is 17.7 Å². The SMILES string of the molecule is Cc1ccc(NC(=O)Cn2cnc3ccc([N+](=O)[O-])cc3c2=O)cc1Cl. The van der Waals surface area contributed by atoms with Crippen molar-refractivity contribution in [2.75, 3.05) is 5.32 Å². The number of carbonyl (C=O) groups excluding carboxylic acids is 1. The van der Waals surface area contributed by atoms with Crippen molar-refractivity contribution in [3.63, 3.8) is 0 Å². The molecule has 0 aliphatic heterocycles. The Hall–Kier alpha value is -3.26. The van der Waals surface area contributed by atoms with Crippen LogP contribution in [0.5, 0.6) is 0 Å². The number of halogens is 1. The van der Waals surface area contributed by atoms with E-state index in [0.717, 1.165) is 16.2 Å². The molecule has 0 saturated heterocycles. The van der Waals surface area contributed by atoms with Gasteiger partial charge in [0, 0.05) is 22.8 Å². The molecule has 0 unspecified atom stereocenters. The Morgan fingerprint density at radius 1 is 1.31 bits per heavy atom. The second kappa shape index (κ2) is 6.93. The maximum absolute atomic E-state index is 12.5. The minimum absolute atomic E-state index is 0.0767. The molecule has 0 aliphatic rings. The summed E-state index contributed by atoms with van der Waals surface area (Å²) in [5.41, 5.74) is 0.954. The molecule has 0 aliphatic carbocycles. The molecule has 0 atom stereocenters. The van der Waals surface area contributed by atoms with Crippen molar-refractivity contribution in [1.29, 1.82) is 0 Å². The number of aromatic nitrogens is 2. The van der Waals surface area contributed by atoms with Crippen LogP contribution in [0.1, 0.15) is 5.56 Å². The summed E-state index contributed by atoms with van der Waals surface area (Å²) < 4.78 is 1.09. The number of aryl methyl sites for hydroxylation is 1. The summed E-state index contributed by atoms with van der Waals surface area (Å²) in [4.78, 5) is 39.0. The number of hydrogen-bond donors (Lipinski definition) is 1. The first kappa shape index (κ1) is 17.6. The van der Waals surface area contributed by atoms with Crippen molar-refractivity contribution in [3.8, 4) is 0 Å². The molecule has 0 bridgehead atoms. The van der Waals surface area contributed by atoms with Crippen LogP contribution in [-0.2, 0) is 11.3 Å². The molecule has 26 heavy (non-hydrogen) atoms. The number of benzene rings is 2. The van der Waals surface area contributed by atoms with Gasteiger partial charge in [-0.05, 0) is 30.7 Å². The lowest BCUT2D eigenvalue weighted by Crippen LogP contribution is -2.28. The molecule has 132 valence electrons. The fourth-order valence-electron chi connectivity index (χ4n) is 2.40. The number of anilines is 1. The van der Waals surface area contributed by atoms with E-state index in [9.17, 15) is 19.7 Å². The monoisotopic (exact) mass is 372 g/mol. The highest BCUT2D eigenvalue weighted by Crippen LogP contribution is 2.20. The zero-order valence-corrected chi connectivity index (χ0v) is 14.4. The van der Waals surface area contributed by atoms with Crippen molar-refractivity contribution in [1.82, 2.24) is 9.55 Å². The Bertz CT molecular complexity index is 1090. The van der Waals surface area contributed by atoms with Crippen LogP contribution in [-0.4, -0.2) is 20.4 Å². The maximum atomic E-state index is 12.5. The predicted molar refractivity (Wildman–Crippen MR) is 97.5 cm³/mol. The molecule has 0 radical (unpaired) electrons. The molecular formula is C17H13ClN4O4. The quantitative estimate of drug-likeness (QED) is 0.559. The Balaban J connectivity index is 1.86. The number of carbonyl (C=O) groups is 1. The van der Waals surface area contributed by atoms with Crippen LogP contribution in [0.3, 0.4) is 0 Å². The van der Waals surface area contributed by atoms with E-state index in [0.29, 0.717) is 16.2 Å². The summed E-state index contributed by atoms with van der Waals surface area (Å²) in [5.74, 6) is -0.446. The lowest BCUT2D eigenvalue weighted by Gasteiger charge is -2.09. The summed E-state index contributed by atoms with van der Waals surface area (Å²) in [6.07, 6.45) is 1.23. The highest BCUT2D eigenvalue weighted by Gasteiger charge is 2.13. The van der Waals surface area contributed by atoms with Crippen LogP contribution in [0.15, 0.2) is 47.5 Å². The molecule has 1 aromatic heterocycles. The molecular weight excluding hydrogens is 360 g/mol. The smallest absolute Gasteiger partial charge is 0.270 e. The number of fused-ring (bicyclic) bond motifs is 1. The first-order valence-electron chi connectivity index (χ1n) is 7.55. The minimum atomic E-state index is -0.593. The second-order valence-corrected chi connectivity index (χ2v) is 6.06. The summed E-state index contributed by atoms with van der Waals surface area (Å²) in [6.45, 7) is 1.56. The molecule has 1 amide bonds. The highest BCUT2D eigenvalue weighted by atomic mass is 35.5. The largest absolute Gasteiger partial charge is 0.324 e. The fourth-order valence-corrected chi connectivity index (χ4v) is 2.58. The molecule has 9 heteroatoms. The van der Waals surface area contributed by atoms with E-state index in [-0.39, 0.29) is 17.6 Å². The zero-order valence-electron chi connectivity index (χ0n) is 13.6. The standard InChI is InChI=1S/C17H13ClN4O4/c1-10-2-3-11(6-14(10)18)20-16(23)8-21-9-19-15-5-4-12(22(25)26)7-13(15)17(21)24/h2-7,9H,8H2,1H3,(H,20,23). The lowest BCUT2D eigenvalue weighted by molar-refractivity contribution is -0.384. The van der Waals surface area contributed by atoms with Crippen LogP contribution in [0, 0.1) is 17.0 Å². The lowest BCUT2D eigenvalue weighted by atomic mass is 10.2. The Morgan fingerprint density at radius 3 is 2.77 bits per heavy atom. The van der Waals surface area contributed by atoms with Crippen molar-refractivity contribution in [3.05, 3.63) is 73.8 Å². The number of nitro groups is 1. The van der Waals surface area contributed by atoms with Crippen LogP contribution in [0.25, 0.3) is 10.9 Å². The average molecular weight is 373 g/mol. The van der Waals surface area contributed by atoms with Crippen LogP contribution < -0.4 is 10.9 Å². The van der Waals surface area contributed by atoms with E-state index in [2.05, 4.69) is 10.3 Å². The van der Waals surface area contributed by atoms with Gasteiger partial charge in [-0.3, -0.25) is 24.3 Å². The van der Waals surface area contributed by atoms with E-state index in [1.54, 1.807) is 18.2 Å². The number of rotatable bonds is 4. The number of amides is 1. The first-order chi connectivity index (χ1) is 12.3. The minimum Gasteiger partial charge on any atom is -0.324 e. The van der Waals surface area contributed by atoms with Gasteiger partial charge in [0.05, 0.1) is 22.2 Å². The second-order valence-electron chi connectivity index (χ2n) is 5.65. The van der Waals surface area contributed by atoms with Gasteiger partial charge in [0.2, 0.25) is 5.91 Å². The van der Waals surface area contributed by atoms with Crippen LogP contribution in [0.2, 0.25) is 5.02 Å². The van der Waals surface area contributed by atoms with Crippen molar-refractivity contribution < 1.29 is 9.72 Å². The number of nitrogens with zero attached hydrogens (tertiary/aromatic N) is 3. The molecule has 0 saturated carbocycles. The first-order valence-corrected chi connectivity index (χ1v) is 7.92.